The number of carbonyl (C=O) groups excluding carboxylic acids is 1. The molecule has 0 saturated carbocycles. The minimum absolute atomic E-state index is 0.119. The summed E-state index contributed by atoms with van der Waals surface area (Å²) >= 11 is 0. The number of aliphatic imine (C=N–C) groups is 1. The summed E-state index contributed by atoms with van der Waals surface area (Å²) in [6.07, 6.45) is -0.0739. The Bertz CT molecular complexity index is 942. The fraction of sp³-hybridized carbons (Fsp3) is 0.222. The highest BCUT2D eigenvalue weighted by Gasteiger charge is 2.46. The van der Waals surface area contributed by atoms with Gasteiger partial charge in [-0.05, 0) is 49.2 Å². The van der Waals surface area contributed by atoms with E-state index in [1.165, 1.54) is 24.3 Å². The summed E-state index contributed by atoms with van der Waals surface area (Å²) in [7, 11) is -4.25. The van der Waals surface area contributed by atoms with Crippen LogP contribution in [-0.4, -0.2) is 31.7 Å². The number of benzene rings is 2. The van der Waals surface area contributed by atoms with Gasteiger partial charge in [0.2, 0.25) is 14.7 Å². The molecular formula is C18H23N5O4S. The van der Waals surface area contributed by atoms with Crippen molar-refractivity contribution in [3.8, 4) is 11.5 Å². The molecule has 0 bridgehead atoms. The Kier molecular flexibility index (Phi) is 6.60. The van der Waals surface area contributed by atoms with E-state index in [2.05, 4.69) is 4.99 Å². The number of sulfone groups is 1. The Morgan fingerprint density at radius 1 is 0.964 bits per heavy atom. The van der Waals surface area contributed by atoms with E-state index in [4.69, 9.17) is 27.7 Å². The first-order valence-corrected chi connectivity index (χ1v) is 9.87. The molecule has 0 aliphatic rings. The highest BCUT2D eigenvalue weighted by atomic mass is 32.2. The first-order chi connectivity index (χ1) is 13.2. The molecule has 0 heterocycles. The maximum absolute atomic E-state index is 12.9. The molecule has 1 atom stereocenters. The fourth-order valence-electron chi connectivity index (χ4n) is 2.46. The lowest BCUT2D eigenvalue weighted by Crippen LogP contribution is -2.57. The molecule has 0 aromatic heterocycles. The molecule has 0 saturated heterocycles. The second-order valence-corrected chi connectivity index (χ2v) is 8.26. The topological polar surface area (TPSA) is 177 Å². The van der Waals surface area contributed by atoms with Crippen molar-refractivity contribution >= 4 is 21.7 Å². The summed E-state index contributed by atoms with van der Waals surface area (Å²) in [5.41, 5.74) is 21.7. The van der Waals surface area contributed by atoms with E-state index in [0.29, 0.717) is 11.5 Å². The molecular weight excluding hydrogens is 382 g/mol. The van der Waals surface area contributed by atoms with Crippen LogP contribution in [-0.2, 0) is 14.6 Å². The Hall–Kier alpha value is -3.11. The van der Waals surface area contributed by atoms with Crippen LogP contribution < -0.4 is 27.7 Å². The number of primary amides is 1. The van der Waals surface area contributed by atoms with E-state index in [1.54, 1.807) is 12.1 Å². The van der Waals surface area contributed by atoms with Gasteiger partial charge in [0.25, 0.3) is 5.91 Å². The van der Waals surface area contributed by atoms with E-state index in [9.17, 15) is 13.2 Å². The zero-order valence-electron chi connectivity index (χ0n) is 15.1. The lowest BCUT2D eigenvalue weighted by atomic mass is 10.1. The van der Waals surface area contributed by atoms with E-state index >= 15 is 0 Å². The number of hydrogen-bond donors (Lipinski definition) is 4. The number of hydrogen-bond acceptors (Lipinski definition) is 6. The third-order valence-electron chi connectivity index (χ3n) is 4.01. The van der Waals surface area contributed by atoms with Gasteiger partial charge in [-0.15, -0.1) is 0 Å². The summed E-state index contributed by atoms with van der Waals surface area (Å²) in [5, 5.41) is 0. The predicted molar refractivity (Wildman–Crippen MR) is 106 cm³/mol. The normalized spacial score (nSPS) is 13.3. The number of ether oxygens (including phenoxy) is 1. The van der Waals surface area contributed by atoms with Gasteiger partial charge in [-0.3, -0.25) is 9.79 Å². The summed E-state index contributed by atoms with van der Waals surface area (Å²) in [5.74, 6) is -0.261. The second kappa shape index (κ2) is 8.72. The lowest BCUT2D eigenvalue weighted by Gasteiger charge is -2.25. The predicted octanol–water partition coefficient (Wildman–Crippen LogP) is 0.447. The summed E-state index contributed by atoms with van der Waals surface area (Å²) in [6, 6.07) is 14.6. The summed E-state index contributed by atoms with van der Waals surface area (Å²) in [4.78, 5) is 13.2. The van der Waals surface area contributed by atoms with Crippen LogP contribution in [0, 0.1) is 0 Å². The minimum Gasteiger partial charge on any atom is -0.457 e. The Labute approximate surface area is 163 Å². The molecule has 2 aromatic rings. The number of amides is 1. The smallest absolute Gasteiger partial charge is 0.253 e. The molecule has 0 spiro atoms. The van der Waals surface area contributed by atoms with Gasteiger partial charge in [0, 0.05) is 6.54 Å². The lowest BCUT2D eigenvalue weighted by molar-refractivity contribution is -0.120. The van der Waals surface area contributed by atoms with Crippen molar-refractivity contribution in [3.05, 3.63) is 54.6 Å². The number of nitrogens with two attached hydrogens (primary N) is 4. The standard InChI is InChI=1S/C18H23N5O4S/c19-16(24)18(22,11-4-12-23-17(20)21)28(25,26)15-9-7-14(8-10-15)27-13-5-2-1-3-6-13/h1-3,5-10H,4,11-12,22H2,(H2,19,24)(H4,20,21,23)/t18-/m0/s1. The van der Waals surface area contributed by atoms with Crippen LogP contribution in [0.1, 0.15) is 12.8 Å². The third-order valence-corrected chi connectivity index (χ3v) is 6.27. The quantitative estimate of drug-likeness (QED) is 0.266. The molecule has 2 aromatic carbocycles. The van der Waals surface area contributed by atoms with Gasteiger partial charge >= 0.3 is 0 Å². The molecule has 9 nitrogen and oxygen atoms in total. The molecule has 28 heavy (non-hydrogen) atoms. The van der Waals surface area contributed by atoms with Crippen LogP contribution in [0.5, 0.6) is 11.5 Å². The van der Waals surface area contributed by atoms with Gasteiger partial charge in [0.05, 0.1) is 4.90 Å². The van der Waals surface area contributed by atoms with Crippen molar-refractivity contribution in [2.45, 2.75) is 22.6 Å². The van der Waals surface area contributed by atoms with Gasteiger partial charge < -0.3 is 27.7 Å². The molecule has 0 fully saturated rings. The molecule has 0 radical (unpaired) electrons. The molecule has 0 aliphatic carbocycles. The molecule has 0 unspecified atom stereocenters. The zero-order chi connectivity index (χ0) is 20.8. The number of para-hydroxylation sites is 1. The first-order valence-electron chi connectivity index (χ1n) is 8.38. The third kappa shape index (κ3) is 4.78. The van der Waals surface area contributed by atoms with Gasteiger partial charge in [-0.25, -0.2) is 8.42 Å². The average Bonchev–Trinajstić information content (AvgIpc) is 2.66. The molecule has 8 N–H and O–H groups in total. The average molecular weight is 405 g/mol. The molecule has 150 valence electrons. The van der Waals surface area contributed by atoms with Crippen LogP contribution in [0.15, 0.2) is 64.5 Å². The van der Waals surface area contributed by atoms with Gasteiger partial charge in [0.15, 0.2) is 5.96 Å². The molecule has 0 aliphatic heterocycles. The number of guanidine groups is 1. The van der Waals surface area contributed by atoms with Crippen LogP contribution >= 0.6 is 0 Å². The SMILES string of the molecule is NC(=O)[C@](N)(CCCN=C(N)N)S(=O)(=O)c1ccc(Oc2ccccc2)cc1. The van der Waals surface area contributed by atoms with Crippen molar-refractivity contribution in [3.63, 3.8) is 0 Å². The molecule has 1 amide bonds. The number of nitrogens with zero attached hydrogens (tertiary/aromatic N) is 1. The maximum atomic E-state index is 12.9. The molecule has 2 rings (SSSR count). The van der Waals surface area contributed by atoms with E-state index in [1.807, 2.05) is 18.2 Å². The van der Waals surface area contributed by atoms with Crippen LogP contribution in [0.3, 0.4) is 0 Å². The Balaban J connectivity index is 2.22. The zero-order valence-corrected chi connectivity index (χ0v) is 15.9. The number of rotatable bonds is 9. The Morgan fingerprint density at radius 2 is 1.54 bits per heavy atom. The van der Waals surface area contributed by atoms with Crippen LogP contribution in [0.25, 0.3) is 0 Å². The first kappa shape index (κ1) is 21.2. The summed E-state index contributed by atoms with van der Waals surface area (Å²) in [6.45, 7) is 0.119. The van der Waals surface area contributed by atoms with Crippen molar-refractivity contribution < 1.29 is 17.9 Å². The van der Waals surface area contributed by atoms with Gasteiger partial charge in [0.1, 0.15) is 11.5 Å². The summed E-state index contributed by atoms with van der Waals surface area (Å²) < 4.78 is 31.5. The van der Waals surface area contributed by atoms with Crippen molar-refractivity contribution in [2.75, 3.05) is 6.54 Å². The van der Waals surface area contributed by atoms with Gasteiger partial charge in [-0.2, -0.15) is 0 Å². The fourth-order valence-corrected chi connectivity index (χ4v) is 4.05. The van der Waals surface area contributed by atoms with Crippen LogP contribution in [0.4, 0.5) is 0 Å². The highest BCUT2D eigenvalue weighted by molar-refractivity contribution is 7.93. The number of carbonyl (C=O) groups is 1. The van der Waals surface area contributed by atoms with E-state index in [0.717, 1.165) is 0 Å². The molecule has 10 heteroatoms. The monoisotopic (exact) mass is 405 g/mol. The minimum atomic E-state index is -4.25. The van der Waals surface area contributed by atoms with Crippen molar-refractivity contribution in [1.29, 1.82) is 0 Å². The van der Waals surface area contributed by atoms with Crippen molar-refractivity contribution in [2.24, 2.45) is 27.9 Å². The van der Waals surface area contributed by atoms with Gasteiger partial charge in [-0.1, -0.05) is 18.2 Å². The van der Waals surface area contributed by atoms with E-state index < -0.39 is 20.6 Å². The second-order valence-electron chi connectivity index (χ2n) is 6.05. The van der Waals surface area contributed by atoms with Crippen LogP contribution in [0.2, 0.25) is 0 Å². The van der Waals surface area contributed by atoms with Crippen molar-refractivity contribution in [1.82, 2.24) is 0 Å². The highest BCUT2D eigenvalue weighted by Crippen LogP contribution is 2.28. The largest absolute Gasteiger partial charge is 0.457 e. The van der Waals surface area contributed by atoms with E-state index in [-0.39, 0.29) is 30.2 Å². The maximum Gasteiger partial charge on any atom is 0.253 e. The Morgan fingerprint density at radius 3 is 2.07 bits per heavy atom.